The Balaban J connectivity index is 1.37. The molecule has 1 aromatic heterocycles. The number of anilines is 1. The van der Waals surface area contributed by atoms with E-state index in [-0.39, 0.29) is 5.91 Å². The number of benzene rings is 2. The van der Waals surface area contributed by atoms with Crippen molar-refractivity contribution < 1.29 is 9.21 Å². The first kappa shape index (κ1) is 17.5. The Morgan fingerprint density at radius 3 is 2.81 bits per heavy atom. The van der Waals surface area contributed by atoms with E-state index >= 15 is 0 Å². The molecule has 27 heavy (non-hydrogen) atoms. The van der Waals surface area contributed by atoms with Gasteiger partial charge in [0, 0.05) is 30.6 Å². The predicted molar refractivity (Wildman–Crippen MR) is 105 cm³/mol. The summed E-state index contributed by atoms with van der Waals surface area (Å²) >= 11 is 0. The maximum absolute atomic E-state index is 12.8. The Labute approximate surface area is 159 Å². The van der Waals surface area contributed by atoms with Gasteiger partial charge >= 0.3 is 0 Å². The van der Waals surface area contributed by atoms with E-state index < -0.39 is 0 Å². The van der Waals surface area contributed by atoms with Gasteiger partial charge in [-0.1, -0.05) is 36.4 Å². The summed E-state index contributed by atoms with van der Waals surface area (Å²) in [5, 5.41) is 8.21. The van der Waals surface area contributed by atoms with Crippen molar-refractivity contribution >= 4 is 11.6 Å². The third-order valence-electron chi connectivity index (χ3n) is 4.99. The third-order valence-corrected chi connectivity index (χ3v) is 4.99. The molecule has 0 atom stereocenters. The van der Waals surface area contributed by atoms with Crippen LogP contribution in [0.1, 0.15) is 36.3 Å². The number of para-hydroxylation sites is 1. The van der Waals surface area contributed by atoms with E-state index in [2.05, 4.69) is 35.3 Å². The Bertz CT molecular complexity index is 934. The van der Waals surface area contributed by atoms with Crippen molar-refractivity contribution in [3.8, 4) is 11.5 Å². The van der Waals surface area contributed by atoms with E-state index in [4.69, 9.17) is 4.42 Å². The summed E-state index contributed by atoms with van der Waals surface area (Å²) in [5.41, 5.74) is 4.47. The fraction of sp³-hybridized carbons (Fsp3) is 0.318. The fourth-order valence-corrected chi connectivity index (χ4v) is 3.67. The maximum Gasteiger partial charge on any atom is 0.247 e. The first-order chi connectivity index (χ1) is 13.2. The zero-order chi connectivity index (χ0) is 18.6. The van der Waals surface area contributed by atoms with Crippen LogP contribution in [0.4, 0.5) is 5.69 Å². The molecule has 5 heteroatoms. The molecule has 5 nitrogen and oxygen atoms in total. The van der Waals surface area contributed by atoms with Gasteiger partial charge in [-0.25, -0.2) is 0 Å². The first-order valence-electron chi connectivity index (χ1n) is 9.49. The van der Waals surface area contributed by atoms with Gasteiger partial charge in [0.25, 0.3) is 0 Å². The number of hydrogen-bond donors (Lipinski definition) is 0. The molecule has 3 aromatic rings. The second-order valence-corrected chi connectivity index (χ2v) is 6.95. The summed E-state index contributed by atoms with van der Waals surface area (Å²) in [6, 6.07) is 16.0. The van der Waals surface area contributed by atoms with Gasteiger partial charge in [0.1, 0.15) is 0 Å². The summed E-state index contributed by atoms with van der Waals surface area (Å²) in [6.45, 7) is 2.88. The van der Waals surface area contributed by atoms with E-state index in [9.17, 15) is 4.79 Å². The van der Waals surface area contributed by atoms with Gasteiger partial charge in [0.15, 0.2) is 0 Å². The zero-order valence-corrected chi connectivity index (χ0v) is 15.5. The molecule has 0 unspecified atom stereocenters. The highest BCUT2D eigenvalue weighted by atomic mass is 16.4. The normalized spacial score (nSPS) is 13.4. The van der Waals surface area contributed by atoms with E-state index in [1.165, 1.54) is 11.1 Å². The lowest BCUT2D eigenvalue weighted by atomic mass is 9.98. The predicted octanol–water partition coefficient (Wildman–Crippen LogP) is 4.35. The van der Waals surface area contributed by atoms with Crippen molar-refractivity contribution in [1.82, 2.24) is 10.2 Å². The highest BCUT2D eigenvalue weighted by Crippen LogP contribution is 2.31. The van der Waals surface area contributed by atoms with Crippen molar-refractivity contribution in [2.45, 2.75) is 39.0 Å². The average Bonchev–Trinajstić information content (AvgIpc) is 3.17. The smallest absolute Gasteiger partial charge is 0.247 e. The molecule has 0 spiro atoms. The molecule has 2 aromatic carbocycles. The Morgan fingerprint density at radius 1 is 1.11 bits per heavy atom. The number of amides is 1. The molecule has 1 amide bonds. The highest BCUT2D eigenvalue weighted by Gasteiger charge is 2.23. The number of fused-ring (bicyclic) bond motifs is 1. The second kappa shape index (κ2) is 7.74. The van der Waals surface area contributed by atoms with Crippen molar-refractivity contribution in [1.29, 1.82) is 0 Å². The molecule has 0 saturated heterocycles. The molecule has 4 rings (SSSR count). The van der Waals surface area contributed by atoms with E-state index in [1.54, 1.807) is 0 Å². The van der Waals surface area contributed by atoms with Crippen LogP contribution in [-0.4, -0.2) is 22.6 Å². The third kappa shape index (κ3) is 3.77. The molecule has 0 saturated carbocycles. The molecule has 0 aliphatic carbocycles. The second-order valence-electron chi connectivity index (χ2n) is 6.95. The maximum atomic E-state index is 12.8. The first-order valence-corrected chi connectivity index (χ1v) is 9.49. The monoisotopic (exact) mass is 361 g/mol. The summed E-state index contributed by atoms with van der Waals surface area (Å²) < 4.78 is 5.73. The van der Waals surface area contributed by atoms with E-state index in [0.29, 0.717) is 31.0 Å². The van der Waals surface area contributed by atoms with Gasteiger partial charge < -0.3 is 9.32 Å². The molecule has 1 aliphatic heterocycles. The molecule has 0 radical (unpaired) electrons. The van der Waals surface area contributed by atoms with Crippen molar-refractivity contribution in [2.24, 2.45) is 0 Å². The van der Waals surface area contributed by atoms with Gasteiger partial charge in [0.2, 0.25) is 17.7 Å². The van der Waals surface area contributed by atoms with Gasteiger partial charge in [0.05, 0.1) is 0 Å². The average molecular weight is 361 g/mol. The van der Waals surface area contributed by atoms with Crippen LogP contribution in [0.2, 0.25) is 0 Å². The molecular weight excluding hydrogens is 338 g/mol. The van der Waals surface area contributed by atoms with Crippen LogP contribution < -0.4 is 4.90 Å². The van der Waals surface area contributed by atoms with Crippen LogP contribution in [0.15, 0.2) is 52.9 Å². The van der Waals surface area contributed by atoms with Gasteiger partial charge in [-0.3, -0.25) is 4.79 Å². The summed E-state index contributed by atoms with van der Waals surface area (Å²) in [6.07, 6.45) is 3.86. The fourth-order valence-electron chi connectivity index (χ4n) is 3.67. The summed E-state index contributed by atoms with van der Waals surface area (Å²) in [7, 11) is 0. The Morgan fingerprint density at radius 2 is 1.96 bits per heavy atom. The van der Waals surface area contributed by atoms with Crippen LogP contribution in [0.5, 0.6) is 0 Å². The summed E-state index contributed by atoms with van der Waals surface area (Å²) in [5.74, 6) is 1.28. The van der Waals surface area contributed by atoms with Crippen LogP contribution in [0.3, 0.4) is 0 Å². The quantitative estimate of drug-likeness (QED) is 0.678. The molecule has 0 N–H and O–H groups in total. The molecule has 2 heterocycles. The minimum atomic E-state index is 0.174. The number of hydrogen-bond acceptors (Lipinski definition) is 4. The van der Waals surface area contributed by atoms with Gasteiger partial charge in [-0.2, -0.15) is 0 Å². The number of carbonyl (C=O) groups excluding carboxylic acids is 1. The minimum absolute atomic E-state index is 0.174. The number of aromatic nitrogens is 2. The highest BCUT2D eigenvalue weighted by molar-refractivity contribution is 5.95. The molecular formula is C22H23N3O2. The Hall–Kier alpha value is -2.95. The molecule has 0 fully saturated rings. The lowest BCUT2D eigenvalue weighted by molar-refractivity contribution is -0.118. The number of rotatable bonds is 5. The van der Waals surface area contributed by atoms with Crippen molar-refractivity contribution in [3.63, 3.8) is 0 Å². The van der Waals surface area contributed by atoms with Gasteiger partial charge in [-0.05, 0) is 49.4 Å². The summed E-state index contributed by atoms with van der Waals surface area (Å²) in [4.78, 5) is 14.7. The van der Waals surface area contributed by atoms with Gasteiger partial charge in [-0.15, -0.1) is 10.2 Å². The zero-order valence-electron chi connectivity index (χ0n) is 15.5. The molecule has 138 valence electrons. The van der Waals surface area contributed by atoms with Crippen LogP contribution in [-0.2, 0) is 17.6 Å². The molecule has 1 aliphatic rings. The van der Waals surface area contributed by atoms with Crippen LogP contribution in [0.25, 0.3) is 11.5 Å². The Kier molecular flexibility index (Phi) is 5.01. The largest absolute Gasteiger partial charge is 0.421 e. The topological polar surface area (TPSA) is 59.2 Å². The lowest BCUT2D eigenvalue weighted by Crippen LogP contribution is -2.36. The van der Waals surface area contributed by atoms with E-state index in [0.717, 1.165) is 30.6 Å². The lowest BCUT2D eigenvalue weighted by Gasteiger charge is -2.31. The number of carbonyl (C=O) groups is 1. The van der Waals surface area contributed by atoms with Crippen molar-refractivity contribution in [3.05, 3.63) is 65.5 Å². The van der Waals surface area contributed by atoms with Crippen LogP contribution >= 0.6 is 0 Å². The SMILES string of the molecule is Cc1cccc2c1N(C(=O)CCCc1nnc(-c3ccccc3)o1)CCC2. The van der Waals surface area contributed by atoms with Crippen molar-refractivity contribution in [2.75, 3.05) is 11.4 Å². The number of nitrogens with zero attached hydrogens (tertiary/aromatic N) is 3. The molecule has 0 bridgehead atoms. The number of aryl methyl sites for hydroxylation is 3. The van der Waals surface area contributed by atoms with E-state index in [1.807, 2.05) is 35.2 Å². The van der Waals surface area contributed by atoms with Crippen LogP contribution in [0, 0.1) is 6.92 Å². The standard InChI is InChI=1S/C22H23N3O2/c1-16-8-5-11-17-12-7-15-25(21(16)17)20(26)14-6-13-19-23-24-22(27-19)18-9-3-2-4-10-18/h2-5,8-11H,6-7,12-15H2,1H3. The minimum Gasteiger partial charge on any atom is -0.421 e.